The van der Waals surface area contributed by atoms with Crippen molar-refractivity contribution in [1.82, 2.24) is 4.98 Å². The maximum Gasteiger partial charge on any atom is 0.169 e. The first-order chi connectivity index (χ1) is 8.63. The van der Waals surface area contributed by atoms with E-state index in [1.165, 1.54) is 12.3 Å². The lowest BCUT2D eigenvalue weighted by Gasteiger charge is -2.19. The maximum absolute atomic E-state index is 13.8. The monoisotopic (exact) mass is 305 g/mol. The van der Waals surface area contributed by atoms with Crippen molar-refractivity contribution in [2.45, 2.75) is 0 Å². The third-order valence-corrected chi connectivity index (χ3v) is 2.93. The van der Waals surface area contributed by atoms with Gasteiger partial charge in [-0.3, -0.25) is 0 Å². The van der Waals surface area contributed by atoms with Crippen molar-refractivity contribution >= 4 is 27.4 Å². The Labute approximate surface area is 113 Å². The lowest BCUT2D eigenvalue weighted by molar-refractivity contribution is 0.620. The van der Waals surface area contributed by atoms with Gasteiger partial charge in [-0.2, -0.15) is 5.26 Å². The van der Waals surface area contributed by atoms with E-state index in [2.05, 4.69) is 27.0 Å². The molecule has 0 bridgehead atoms. The van der Waals surface area contributed by atoms with Crippen LogP contribution in [0.15, 0.2) is 41.0 Å². The number of hydrogen-bond donors (Lipinski definition) is 0. The average Bonchev–Trinajstić information content (AvgIpc) is 2.38. The van der Waals surface area contributed by atoms with Crippen LogP contribution in [0.5, 0.6) is 0 Å². The zero-order chi connectivity index (χ0) is 13.1. The SMILES string of the molecule is CN(c1ccccc1C#N)c1ncc(Br)cc1F. The summed E-state index contributed by atoms with van der Waals surface area (Å²) in [5, 5.41) is 9.03. The summed E-state index contributed by atoms with van der Waals surface area (Å²) in [6.07, 6.45) is 1.52. The first kappa shape index (κ1) is 12.5. The predicted octanol–water partition coefficient (Wildman–Crippen LogP) is 3.62. The standard InChI is InChI=1S/C13H9BrFN3/c1-18(12-5-3-2-4-9(12)7-16)13-11(15)6-10(14)8-17-13/h2-6,8H,1H3. The van der Waals surface area contributed by atoms with Gasteiger partial charge < -0.3 is 4.90 Å². The molecule has 0 aliphatic heterocycles. The smallest absolute Gasteiger partial charge is 0.169 e. The highest BCUT2D eigenvalue weighted by atomic mass is 79.9. The Kier molecular flexibility index (Phi) is 3.58. The fourth-order valence-corrected chi connectivity index (χ4v) is 1.93. The highest BCUT2D eigenvalue weighted by molar-refractivity contribution is 9.10. The molecule has 0 amide bonds. The van der Waals surface area contributed by atoms with E-state index in [1.54, 1.807) is 36.2 Å². The van der Waals surface area contributed by atoms with Crippen LogP contribution in [0.4, 0.5) is 15.9 Å². The van der Waals surface area contributed by atoms with Crippen molar-refractivity contribution in [1.29, 1.82) is 5.26 Å². The summed E-state index contributed by atoms with van der Waals surface area (Å²) < 4.78 is 14.4. The van der Waals surface area contributed by atoms with Gasteiger partial charge in [0.25, 0.3) is 0 Å². The van der Waals surface area contributed by atoms with E-state index in [0.29, 0.717) is 15.7 Å². The predicted molar refractivity (Wildman–Crippen MR) is 71.1 cm³/mol. The zero-order valence-corrected chi connectivity index (χ0v) is 11.1. The van der Waals surface area contributed by atoms with Crippen molar-refractivity contribution in [2.75, 3.05) is 11.9 Å². The van der Waals surface area contributed by atoms with E-state index >= 15 is 0 Å². The number of nitriles is 1. The summed E-state index contributed by atoms with van der Waals surface area (Å²) in [4.78, 5) is 5.58. The Morgan fingerprint density at radius 1 is 1.39 bits per heavy atom. The number of anilines is 2. The van der Waals surface area contributed by atoms with Crippen LogP contribution in [0.3, 0.4) is 0 Å². The number of halogens is 2. The molecule has 5 heteroatoms. The Bertz CT molecular complexity index is 622. The second kappa shape index (κ2) is 5.15. The molecular weight excluding hydrogens is 297 g/mol. The summed E-state index contributed by atoms with van der Waals surface area (Å²) in [5.74, 6) is -0.263. The third kappa shape index (κ3) is 2.34. The van der Waals surface area contributed by atoms with Gasteiger partial charge in [0.2, 0.25) is 0 Å². The summed E-state index contributed by atoms with van der Waals surface area (Å²) in [6, 6.07) is 10.4. The number of benzene rings is 1. The molecule has 90 valence electrons. The highest BCUT2D eigenvalue weighted by Gasteiger charge is 2.14. The van der Waals surface area contributed by atoms with Crippen LogP contribution in [-0.4, -0.2) is 12.0 Å². The lowest BCUT2D eigenvalue weighted by Crippen LogP contribution is -2.14. The van der Waals surface area contributed by atoms with E-state index in [9.17, 15) is 4.39 Å². The van der Waals surface area contributed by atoms with E-state index in [1.807, 2.05) is 0 Å². The fourth-order valence-electron chi connectivity index (χ4n) is 1.63. The number of hydrogen-bond acceptors (Lipinski definition) is 3. The number of rotatable bonds is 2. The molecule has 1 heterocycles. The van der Waals surface area contributed by atoms with Crippen molar-refractivity contribution in [3.63, 3.8) is 0 Å². The quantitative estimate of drug-likeness (QED) is 0.850. The third-order valence-electron chi connectivity index (χ3n) is 2.49. The normalized spacial score (nSPS) is 9.89. The molecule has 2 rings (SSSR count). The van der Waals surface area contributed by atoms with Crippen LogP contribution < -0.4 is 4.90 Å². The number of pyridine rings is 1. The fraction of sp³-hybridized carbons (Fsp3) is 0.0769. The minimum atomic E-state index is -0.445. The van der Waals surface area contributed by atoms with Gasteiger partial charge in [0.15, 0.2) is 11.6 Å². The molecule has 0 saturated heterocycles. The molecule has 0 saturated carbocycles. The van der Waals surface area contributed by atoms with Gasteiger partial charge in [-0.25, -0.2) is 9.37 Å². The Balaban J connectivity index is 2.48. The van der Waals surface area contributed by atoms with Crippen LogP contribution in [0.1, 0.15) is 5.56 Å². The van der Waals surface area contributed by atoms with E-state index < -0.39 is 5.82 Å². The lowest BCUT2D eigenvalue weighted by atomic mass is 10.2. The summed E-state index contributed by atoms with van der Waals surface area (Å²) in [5.41, 5.74) is 1.10. The van der Waals surface area contributed by atoms with Gasteiger partial charge in [-0.15, -0.1) is 0 Å². The molecule has 3 nitrogen and oxygen atoms in total. The van der Waals surface area contributed by atoms with Crippen LogP contribution in [-0.2, 0) is 0 Å². The van der Waals surface area contributed by atoms with Gasteiger partial charge in [-0.1, -0.05) is 12.1 Å². The summed E-state index contributed by atoms with van der Waals surface area (Å²) in [6.45, 7) is 0. The second-order valence-corrected chi connectivity index (χ2v) is 4.56. The summed E-state index contributed by atoms with van der Waals surface area (Å²) in [7, 11) is 1.68. The molecule has 18 heavy (non-hydrogen) atoms. The molecule has 0 unspecified atom stereocenters. The van der Waals surface area contributed by atoms with Crippen LogP contribution >= 0.6 is 15.9 Å². The zero-order valence-electron chi connectivity index (χ0n) is 9.56. The minimum Gasteiger partial charge on any atom is -0.326 e. The molecule has 0 N–H and O–H groups in total. The van der Waals surface area contributed by atoms with Crippen molar-refractivity contribution in [3.05, 3.63) is 52.4 Å². The van der Waals surface area contributed by atoms with Gasteiger partial charge in [-0.05, 0) is 34.1 Å². The van der Waals surface area contributed by atoms with Crippen LogP contribution in [0, 0.1) is 17.1 Å². The molecule has 1 aromatic carbocycles. The highest BCUT2D eigenvalue weighted by Crippen LogP contribution is 2.28. The Morgan fingerprint density at radius 2 is 2.11 bits per heavy atom. The molecule has 0 spiro atoms. The Morgan fingerprint density at radius 3 is 2.78 bits per heavy atom. The van der Waals surface area contributed by atoms with E-state index in [-0.39, 0.29) is 5.82 Å². The number of para-hydroxylation sites is 1. The van der Waals surface area contributed by atoms with Gasteiger partial charge in [0, 0.05) is 17.7 Å². The molecule has 0 radical (unpaired) electrons. The number of aromatic nitrogens is 1. The summed E-state index contributed by atoms with van der Waals surface area (Å²) >= 11 is 3.16. The van der Waals surface area contributed by atoms with Gasteiger partial charge in [0.05, 0.1) is 11.3 Å². The average molecular weight is 306 g/mol. The van der Waals surface area contributed by atoms with Gasteiger partial charge >= 0.3 is 0 Å². The Hall–Kier alpha value is -1.93. The molecule has 0 fully saturated rings. The van der Waals surface area contributed by atoms with Crippen LogP contribution in [0.25, 0.3) is 0 Å². The molecule has 1 aromatic heterocycles. The van der Waals surface area contributed by atoms with E-state index in [4.69, 9.17) is 5.26 Å². The minimum absolute atomic E-state index is 0.181. The molecule has 0 aliphatic carbocycles. The molecular formula is C13H9BrFN3. The van der Waals surface area contributed by atoms with Gasteiger partial charge in [0.1, 0.15) is 6.07 Å². The van der Waals surface area contributed by atoms with Crippen LogP contribution in [0.2, 0.25) is 0 Å². The molecule has 2 aromatic rings. The molecule has 0 atom stereocenters. The first-order valence-electron chi connectivity index (χ1n) is 5.17. The van der Waals surface area contributed by atoms with Crippen molar-refractivity contribution in [3.8, 4) is 6.07 Å². The van der Waals surface area contributed by atoms with E-state index in [0.717, 1.165) is 0 Å². The maximum atomic E-state index is 13.8. The van der Waals surface area contributed by atoms with Crippen molar-refractivity contribution in [2.24, 2.45) is 0 Å². The first-order valence-corrected chi connectivity index (χ1v) is 5.96. The topological polar surface area (TPSA) is 39.9 Å². The van der Waals surface area contributed by atoms with Crippen molar-refractivity contribution < 1.29 is 4.39 Å². The number of nitrogens with zero attached hydrogens (tertiary/aromatic N) is 3. The molecule has 0 aliphatic rings. The largest absolute Gasteiger partial charge is 0.326 e. The second-order valence-electron chi connectivity index (χ2n) is 3.65.